The van der Waals surface area contributed by atoms with Gasteiger partial charge >= 0.3 is 0 Å². The lowest BCUT2D eigenvalue weighted by Gasteiger charge is -2.23. The molecule has 5 nitrogen and oxygen atoms in total. The molecule has 26 heavy (non-hydrogen) atoms. The van der Waals surface area contributed by atoms with Crippen molar-refractivity contribution in [1.82, 2.24) is 5.01 Å². The number of amidine groups is 1. The minimum atomic E-state index is 0.0160. The van der Waals surface area contributed by atoms with Gasteiger partial charge in [-0.2, -0.15) is 5.10 Å². The summed E-state index contributed by atoms with van der Waals surface area (Å²) in [4.78, 5) is 16.1. The second-order valence-corrected chi connectivity index (χ2v) is 6.86. The highest BCUT2D eigenvalue weighted by atomic mass is 32.2. The minimum Gasteiger partial charge on any atom is -0.326 e. The normalized spacial score (nSPS) is 15.7. The highest BCUT2D eigenvalue weighted by Gasteiger charge is 2.17. The summed E-state index contributed by atoms with van der Waals surface area (Å²) in [5, 5.41) is 10.3. The van der Waals surface area contributed by atoms with E-state index in [9.17, 15) is 4.79 Å². The van der Waals surface area contributed by atoms with E-state index in [4.69, 9.17) is 0 Å². The second kappa shape index (κ2) is 8.67. The maximum absolute atomic E-state index is 11.5. The maximum atomic E-state index is 11.5. The number of nitrogens with zero attached hydrogens (tertiary/aromatic N) is 3. The molecule has 1 aliphatic rings. The third-order valence-electron chi connectivity index (χ3n) is 3.95. The van der Waals surface area contributed by atoms with E-state index < -0.39 is 0 Å². The predicted octanol–water partition coefficient (Wildman–Crippen LogP) is 3.97. The van der Waals surface area contributed by atoms with Crippen LogP contribution in [0.1, 0.15) is 24.5 Å². The molecule has 0 aromatic heterocycles. The van der Waals surface area contributed by atoms with Crippen LogP contribution in [0.2, 0.25) is 0 Å². The zero-order valence-electron chi connectivity index (χ0n) is 15.0. The Hall–Kier alpha value is -2.60. The van der Waals surface area contributed by atoms with Gasteiger partial charge in [-0.15, -0.1) is 0 Å². The van der Waals surface area contributed by atoms with Gasteiger partial charge < -0.3 is 5.32 Å². The number of amides is 1. The summed E-state index contributed by atoms with van der Waals surface area (Å²) in [5.41, 5.74) is 4.06. The average molecular weight is 366 g/mol. The number of thioether (sulfide) groups is 1. The Labute approximate surface area is 158 Å². The van der Waals surface area contributed by atoms with Crippen LogP contribution in [-0.2, 0) is 11.3 Å². The molecule has 1 N–H and O–H groups in total. The molecule has 2 aromatic carbocycles. The lowest BCUT2D eigenvalue weighted by molar-refractivity contribution is -0.115. The third kappa shape index (κ3) is 4.73. The van der Waals surface area contributed by atoms with Crippen molar-refractivity contribution >= 4 is 34.2 Å². The largest absolute Gasteiger partial charge is 0.326 e. The van der Waals surface area contributed by atoms with E-state index in [1.807, 2.05) is 61.4 Å². The molecular formula is C20H22N4OS. The quantitative estimate of drug-likeness (QED) is 0.871. The average Bonchev–Trinajstić information content (AvgIpc) is 2.68. The van der Waals surface area contributed by atoms with Gasteiger partial charge in [0.1, 0.15) is 0 Å². The van der Waals surface area contributed by atoms with Gasteiger partial charge in [0.05, 0.1) is 12.3 Å². The van der Waals surface area contributed by atoms with E-state index in [-0.39, 0.29) is 5.91 Å². The molecule has 0 radical (unpaired) electrons. The molecule has 1 heterocycles. The number of rotatable bonds is 5. The highest BCUT2D eigenvalue weighted by molar-refractivity contribution is 8.14. The van der Waals surface area contributed by atoms with Crippen LogP contribution in [0.3, 0.4) is 0 Å². The van der Waals surface area contributed by atoms with Gasteiger partial charge in [0.15, 0.2) is 5.17 Å². The zero-order valence-corrected chi connectivity index (χ0v) is 15.8. The van der Waals surface area contributed by atoms with Crippen LogP contribution in [0.25, 0.3) is 0 Å². The fourth-order valence-corrected chi connectivity index (χ4v) is 3.38. The van der Waals surface area contributed by atoms with E-state index in [1.54, 1.807) is 11.8 Å². The van der Waals surface area contributed by atoms with Crippen LogP contribution in [-0.4, -0.2) is 34.6 Å². The summed E-state index contributed by atoms with van der Waals surface area (Å²) in [5.74, 6) is 0.792. The summed E-state index contributed by atoms with van der Waals surface area (Å²) in [7, 11) is 1.92. The molecule has 0 spiro atoms. The minimum absolute atomic E-state index is 0.0160. The number of aliphatic imine (C=N–C) groups is 1. The standard InChI is InChI=1S/C20H22N4OS/c1-3-19(25)22-17-11-9-16(10-12-17)18-14-26-20(24(2)23-18)21-13-15-7-5-4-6-8-15/h4-12H,3,13-14H2,1-2H3,(H,22,25). The molecular weight excluding hydrogens is 344 g/mol. The lowest BCUT2D eigenvalue weighted by atomic mass is 10.1. The molecule has 1 amide bonds. The number of nitrogens with one attached hydrogen (secondary N) is 1. The lowest BCUT2D eigenvalue weighted by Crippen LogP contribution is -2.27. The number of hydrogen-bond acceptors (Lipinski definition) is 4. The molecule has 6 heteroatoms. The number of carbonyl (C=O) groups excluding carboxylic acids is 1. The van der Waals surface area contributed by atoms with Crippen LogP contribution >= 0.6 is 11.8 Å². The summed E-state index contributed by atoms with van der Waals surface area (Å²) >= 11 is 1.69. The topological polar surface area (TPSA) is 57.1 Å². The van der Waals surface area contributed by atoms with Gasteiger partial charge in [0, 0.05) is 24.9 Å². The Kier molecular flexibility index (Phi) is 6.07. The first-order valence-electron chi connectivity index (χ1n) is 8.58. The van der Waals surface area contributed by atoms with Gasteiger partial charge in [-0.1, -0.05) is 61.2 Å². The molecule has 0 saturated heterocycles. The van der Waals surface area contributed by atoms with Gasteiger partial charge in [0.25, 0.3) is 0 Å². The summed E-state index contributed by atoms with van der Waals surface area (Å²) in [6.07, 6.45) is 0.473. The van der Waals surface area contributed by atoms with Gasteiger partial charge in [-0.3, -0.25) is 9.79 Å². The Bertz CT molecular complexity index is 815. The van der Waals surface area contributed by atoms with Crippen molar-refractivity contribution in [3.63, 3.8) is 0 Å². The van der Waals surface area contributed by atoms with Crippen LogP contribution in [0.5, 0.6) is 0 Å². The van der Waals surface area contributed by atoms with Crippen molar-refractivity contribution < 1.29 is 4.79 Å². The summed E-state index contributed by atoms with van der Waals surface area (Å²) < 4.78 is 0. The molecule has 3 rings (SSSR count). The van der Waals surface area contributed by atoms with Crippen LogP contribution in [0, 0.1) is 0 Å². The number of anilines is 1. The summed E-state index contributed by atoms with van der Waals surface area (Å²) in [6.45, 7) is 2.49. The number of hydrazone groups is 1. The van der Waals surface area contributed by atoms with Crippen molar-refractivity contribution in [3.05, 3.63) is 65.7 Å². The number of hydrogen-bond donors (Lipinski definition) is 1. The first-order chi connectivity index (χ1) is 12.7. The van der Waals surface area contributed by atoms with Crippen molar-refractivity contribution in [3.8, 4) is 0 Å². The Morgan fingerprint density at radius 2 is 1.92 bits per heavy atom. The zero-order chi connectivity index (χ0) is 18.4. The number of benzene rings is 2. The molecule has 0 fully saturated rings. The Balaban J connectivity index is 1.66. The van der Waals surface area contributed by atoms with Crippen molar-refractivity contribution in [2.75, 3.05) is 18.1 Å². The fraction of sp³-hybridized carbons (Fsp3) is 0.250. The monoisotopic (exact) mass is 366 g/mol. The predicted molar refractivity (Wildman–Crippen MR) is 110 cm³/mol. The van der Waals surface area contributed by atoms with Crippen molar-refractivity contribution in [1.29, 1.82) is 0 Å². The molecule has 134 valence electrons. The van der Waals surface area contributed by atoms with Crippen molar-refractivity contribution in [2.45, 2.75) is 19.9 Å². The van der Waals surface area contributed by atoms with Crippen LogP contribution < -0.4 is 5.32 Å². The highest BCUT2D eigenvalue weighted by Crippen LogP contribution is 2.20. The molecule has 0 saturated carbocycles. The van der Waals surface area contributed by atoms with Gasteiger partial charge in [-0.05, 0) is 23.3 Å². The maximum Gasteiger partial charge on any atom is 0.224 e. The van der Waals surface area contributed by atoms with E-state index >= 15 is 0 Å². The molecule has 2 aromatic rings. The smallest absolute Gasteiger partial charge is 0.224 e. The molecule has 0 atom stereocenters. The molecule has 1 aliphatic heterocycles. The van der Waals surface area contributed by atoms with E-state index in [1.165, 1.54) is 5.56 Å². The third-order valence-corrected chi connectivity index (χ3v) is 5.02. The van der Waals surface area contributed by atoms with E-state index in [0.29, 0.717) is 13.0 Å². The molecule has 0 unspecified atom stereocenters. The molecule has 0 bridgehead atoms. The fourth-order valence-electron chi connectivity index (χ4n) is 2.51. The Morgan fingerprint density at radius 3 is 2.58 bits per heavy atom. The van der Waals surface area contributed by atoms with Crippen LogP contribution in [0.4, 0.5) is 5.69 Å². The Morgan fingerprint density at radius 1 is 1.19 bits per heavy atom. The first kappa shape index (κ1) is 18.2. The SMILES string of the molecule is CCC(=O)Nc1ccc(C2=NN(C)C(=NCc3ccccc3)SC2)cc1. The second-order valence-electron chi connectivity index (χ2n) is 5.92. The van der Waals surface area contributed by atoms with E-state index in [0.717, 1.165) is 27.9 Å². The first-order valence-corrected chi connectivity index (χ1v) is 9.57. The molecule has 0 aliphatic carbocycles. The number of carbonyl (C=O) groups is 1. The van der Waals surface area contributed by atoms with Crippen molar-refractivity contribution in [2.24, 2.45) is 10.1 Å². The van der Waals surface area contributed by atoms with Gasteiger partial charge in [0.2, 0.25) is 5.91 Å². The van der Waals surface area contributed by atoms with Crippen LogP contribution in [0.15, 0.2) is 64.7 Å². The summed E-state index contributed by atoms with van der Waals surface area (Å²) in [6, 6.07) is 18.0. The van der Waals surface area contributed by atoms with E-state index in [2.05, 4.69) is 27.5 Å². The van der Waals surface area contributed by atoms with Gasteiger partial charge in [-0.25, -0.2) is 5.01 Å².